The van der Waals surface area contributed by atoms with Crippen LogP contribution in [0.1, 0.15) is 5.56 Å². The molecule has 1 amide bonds. The van der Waals surface area contributed by atoms with Crippen molar-refractivity contribution < 1.29 is 4.79 Å². The van der Waals surface area contributed by atoms with E-state index in [1.54, 1.807) is 12.1 Å². The molecule has 3 nitrogen and oxygen atoms in total. The van der Waals surface area contributed by atoms with Crippen LogP contribution in [0.2, 0.25) is 10.0 Å². The van der Waals surface area contributed by atoms with E-state index in [0.717, 1.165) is 5.56 Å². The minimum absolute atomic E-state index is 0.137. The normalized spacial score (nSPS) is 14.8. The molecule has 4 aromatic rings. The highest BCUT2D eigenvalue weighted by atomic mass is 35.5. The van der Waals surface area contributed by atoms with Gasteiger partial charge in [-0.2, -0.15) is 0 Å². The molecule has 200 valence electrons. The smallest absolute Gasteiger partial charge is 0.251 e. The first-order chi connectivity index (χ1) is 19.6. The van der Waals surface area contributed by atoms with Crippen molar-refractivity contribution in [2.75, 3.05) is 6.54 Å². The SMILES string of the molecule is O=C(NCCc1ccc(Cl)cc1Cl)C1=CC=CC(N=P(c2ccccc2)(c2ccccc2)c2ccccc2)C=C1. The van der Waals surface area contributed by atoms with Gasteiger partial charge >= 0.3 is 0 Å². The third-order valence-electron chi connectivity index (χ3n) is 6.71. The molecule has 0 saturated carbocycles. The summed E-state index contributed by atoms with van der Waals surface area (Å²) in [4.78, 5) is 13.0. The van der Waals surface area contributed by atoms with E-state index < -0.39 is 7.05 Å². The maximum Gasteiger partial charge on any atom is 0.251 e. The van der Waals surface area contributed by atoms with Gasteiger partial charge in [-0.1, -0.05) is 145 Å². The number of hydrogen-bond acceptors (Lipinski definition) is 2. The highest BCUT2D eigenvalue weighted by molar-refractivity contribution is 7.87. The molecule has 0 fully saturated rings. The molecule has 1 aliphatic rings. The monoisotopic (exact) mass is 582 g/mol. The van der Waals surface area contributed by atoms with Crippen LogP contribution in [0, 0.1) is 0 Å². The van der Waals surface area contributed by atoms with Gasteiger partial charge in [0.15, 0.2) is 0 Å². The van der Waals surface area contributed by atoms with Gasteiger partial charge in [-0.25, -0.2) is 0 Å². The van der Waals surface area contributed by atoms with E-state index in [9.17, 15) is 4.79 Å². The first kappa shape index (κ1) is 27.9. The molecule has 4 aromatic carbocycles. The zero-order valence-electron chi connectivity index (χ0n) is 21.8. The van der Waals surface area contributed by atoms with Crippen molar-refractivity contribution in [1.29, 1.82) is 0 Å². The fraction of sp³-hybridized carbons (Fsp3) is 0.0882. The summed E-state index contributed by atoms with van der Waals surface area (Å²) in [5.74, 6) is -0.137. The summed E-state index contributed by atoms with van der Waals surface area (Å²) >= 11 is 12.3. The van der Waals surface area contributed by atoms with Crippen molar-refractivity contribution in [3.8, 4) is 0 Å². The molecule has 0 aromatic heterocycles. The Kier molecular flexibility index (Phi) is 9.19. The summed E-state index contributed by atoms with van der Waals surface area (Å²) in [6, 6.07) is 36.8. The average molecular weight is 583 g/mol. The number of benzene rings is 4. The molecule has 1 unspecified atom stereocenters. The van der Waals surface area contributed by atoms with Crippen LogP contribution in [0.25, 0.3) is 0 Å². The fourth-order valence-corrected chi connectivity index (χ4v) is 8.90. The van der Waals surface area contributed by atoms with Gasteiger partial charge in [0.05, 0.1) is 13.1 Å². The van der Waals surface area contributed by atoms with Crippen LogP contribution in [0.4, 0.5) is 0 Å². The van der Waals surface area contributed by atoms with E-state index in [1.807, 2.05) is 54.6 Å². The Morgan fingerprint density at radius 3 is 1.90 bits per heavy atom. The first-order valence-corrected chi connectivity index (χ1v) is 15.6. The predicted octanol–water partition coefficient (Wildman–Crippen LogP) is 7.25. The largest absolute Gasteiger partial charge is 0.352 e. The molecular formula is C34H29Cl2N2OP. The lowest BCUT2D eigenvalue weighted by molar-refractivity contribution is -0.117. The van der Waals surface area contributed by atoms with Crippen LogP contribution in [0.5, 0.6) is 0 Å². The lowest BCUT2D eigenvalue weighted by Crippen LogP contribution is -2.27. The predicted molar refractivity (Wildman–Crippen MR) is 171 cm³/mol. The second-order valence-electron chi connectivity index (χ2n) is 9.36. The number of nitrogens with zero attached hydrogens (tertiary/aromatic N) is 1. The quantitative estimate of drug-likeness (QED) is 0.218. The molecule has 0 saturated heterocycles. The number of rotatable bonds is 8. The Morgan fingerprint density at radius 1 is 0.775 bits per heavy atom. The minimum Gasteiger partial charge on any atom is -0.352 e. The molecule has 1 aliphatic carbocycles. The summed E-state index contributed by atoms with van der Waals surface area (Å²) in [6.45, 7) is 0.466. The molecule has 0 heterocycles. The molecule has 0 radical (unpaired) electrons. The van der Waals surface area contributed by atoms with Crippen molar-refractivity contribution >= 4 is 52.1 Å². The molecule has 40 heavy (non-hydrogen) atoms. The van der Waals surface area contributed by atoms with Crippen LogP contribution in [-0.4, -0.2) is 18.5 Å². The molecule has 0 bridgehead atoms. The van der Waals surface area contributed by atoms with Gasteiger partial charge in [0.1, 0.15) is 0 Å². The molecule has 1 atom stereocenters. The maximum atomic E-state index is 13.0. The minimum atomic E-state index is -2.37. The van der Waals surface area contributed by atoms with Crippen molar-refractivity contribution in [1.82, 2.24) is 5.32 Å². The van der Waals surface area contributed by atoms with Crippen LogP contribution in [-0.2, 0) is 11.2 Å². The lowest BCUT2D eigenvalue weighted by Gasteiger charge is -2.28. The lowest BCUT2D eigenvalue weighted by atomic mass is 10.1. The van der Waals surface area contributed by atoms with Crippen molar-refractivity contribution in [3.05, 3.63) is 161 Å². The summed E-state index contributed by atoms with van der Waals surface area (Å²) in [6.07, 6.45) is 10.3. The van der Waals surface area contributed by atoms with E-state index in [2.05, 4.69) is 78.1 Å². The fourth-order valence-electron chi connectivity index (χ4n) is 4.74. The first-order valence-electron chi connectivity index (χ1n) is 13.1. The Morgan fingerprint density at radius 2 is 1.35 bits per heavy atom. The number of nitrogens with one attached hydrogen (secondary N) is 1. The Labute approximate surface area is 245 Å². The van der Waals surface area contributed by atoms with Crippen LogP contribution < -0.4 is 21.2 Å². The van der Waals surface area contributed by atoms with Gasteiger partial charge in [0.25, 0.3) is 5.91 Å². The zero-order chi connectivity index (χ0) is 27.8. The Balaban J connectivity index is 1.44. The highest BCUT2D eigenvalue weighted by Crippen LogP contribution is 2.47. The van der Waals surface area contributed by atoms with Gasteiger partial charge in [0.2, 0.25) is 0 Å². The van der Waals surface area contributed by atoms with E-state index in [0.29, 0.717) is 28.6 Å². The van der Waals surface area contributed by atoms with Crippen molar-refractivity contribution in [3.63, 3.8) is 0 Å². The van der Waals surface area contributed by atoms with Crippen LogP contribution >= 0.6 is 30.3 Å². The van der Waals surface area contributed by atoms with Gasteiger partial charge in [-0.3, -0.25) is 9.54 Å². The standard InChI is InChI=1S/C34H29Cl2N2OP/c35-28-21-19-26(33(36)25-28)23-24-37-34(39)27-11-10-12-29(22-20-27)38-40(30-13-4-1-5-14-30,31-15-6-2-7-16-31)32-17-8-3-9-18-32/h1-22,25,29H,23-24H2,(H,37,39). The molecule has 0 spiro atoms. The number of amides is 1. The Bertz CT molecular complexity index is 1510. The number of carbonyl (C=O) groups excluding carboxylic acids is 1. The van der Waals surface area contributed by atoms with E-state index in [4.69, 9.17) is 27.9 Å². The van der Waals surface area contributed by atoms with Crippen LogP contribution in [0.3, 0.4) is 0 Å². The summed E-state index contributed by atoms with van der Waals surface area (Å²) in [5.41, 5.74) is 1.53. The second kappa shape index (κ2) is 13.2. The van der Waals surface area contributed by atoms with Gasteiger partial charge < -0.3 is 5.32 Å². The van der Waals surface area contributed by atoms with Gasteiger partial charge in [-0.15, -0.1) is 0 Å². The second-order valence-corrected chi connectivity index (χ2v) is 13.3. The third-order valence-corrected chi connectivity index (χ3v) is 11.0. The molecule has 1 N–H and O–H groups in total. The number of halogens is 2. The molecule has 0 aliphatic heterocycles. The molecular weight excluding hydrogens is 554 g/mol. The highest BCUT2D eigenvalue weighted by Gasteiger charge is 2.28. The molecule has 6 heteroatoms. The zero-order valence-corrected chi connectivity index (χ0v) is 24.2. The number of hydrogen-bond donors (Lipinski definition) is 1. The Hall–Kier alpha value is -3.62. The molecule has 5 rings (SSSR count). The van der Waals surface area contributed by atoms with E-state index in [1.165, 1.54) is 15.9 Å². The van der Waals surface area contributed by atoms with E-state index in [-0.39, 0.29) is 11.9 Å². The summed E-state index contributed by atoms with van der Waals surface area (Å²) in [7, 11) is -2.37. The maximum absolute atomic E-state index is 13.0. The summed E-state index contributed by atoms with van der Waals surface area (Å²) < 4.78 is 5.60. The van der Waals surface area contributed by atoms with Gasteiger partial charge in [0, 0.05) is 38.1 Å². The average Bonchev–Trinajstić information content (AvgIpc) is 3.24. The van der Waals surface area contributed by atoms with Crippen molar-refractivity contribution in [2.24, 2.45) is 4.74 Å². The van der Waals surface area contributed by atoms with Crippen molar-refractivity contribution in [2.45, 2.75) is 12.5 Å². The van der Waals surface area contributed by atoms with Crippen LogP contribution in [0.15, 0.2) is 150 Å². The topological polar surface area (TPSA) is 41.5 Å². The van der Waals surface area contributed by atoms with E-state index >= 15 is 0 Å². The third kappa shape index (κ3) is 6.40. The van der Waals surface area contributed by atoms with Gasteiger partial charge in [-0.05, 0) is 30.2 Å². The summed E-state index contributed by atoms with van der Waals surface area (Å²) in [5, 5.41) is 7.76. The number of carbonyl (C=O) groups is 1. The number of allylic oxidation sites excluding steroid dienone is 2.